The first kappa shape index (κ1) is 18.9. The standard InChI is InChI=1S/C15H14Br2FNO5/c1-7-10(18)4-9(16)13(11(7)17)19-6-24-5-8(14(20)22-2)12(19)15(21)23-3/h4H,5-6H2,1-3H3. The molecular formula is C15H14Br2FNO5. The molecular weight excluding hydrogens is 453 g/mol. The molecule has 6 nitrogen and oxygen atoms in total. The molecule has 0 unspecified atom stereocenters. The largest absolute Gasteiger partial charge is 0.466 e. The second-order valence-corrected chi connectivity index (χ2v) is 6.49. The third-order valence-corrected chi connectivity index (χ3v) is 5.05. The molecule has 1 aromatic carbocycles. The second-order valence-electron chi connectivity index (χ2n) is 4.84. The predicted molar refractivity (Wildman–Crippen MR) is 90.9 cm³/mol. The normalized spacial score (nSPS) is 14.7. The summed E-state index contributed by atoms with van der Waals surface area (Å²) >= 11 is 6.61. The maximum Gasteiger partial charge on any atom is 0.355 e. The first-order chi connectivity index (χ1) is 11.3. The van der Waals surface area contributed by atoms with E-state index >= 15 is 0 Å². The van der Waals surface area contributed by atoms with E-state index in [0.29, 0.717) is 20.2 Å². The van der Waals surface area contributed by atoms with Gasteiger partial charge in [-0.05, 0) is 44.8 Å². The number of methoxy groups -OCH3 is 2. The van der Waals surface area contributed by atoms with E-state index in [9.17, 15) is 14.0 Å². The summed E-state index contributed by atoms with van der Waals surface area (Å²) < 4.78 is 29.6. The van der Waals surface area contributed by atoms with Gasteiger partial charge in [0.25, 0.3) is 0 Å². The van der Waals surface area contributed by atoms with Crippen molar-refractivity contribution >= 4 is 49.5 Å². The Hall–Kier alpha value is -1.45. The summed E-state index contributed by atoms with van der Waals surface area (Å²) in [5.74, 6) is -1.85. The van der Waals surface area contributed by atoms with Gasteiger partial charge < -0.3 is 19.1 Å². The van der Waals surface area contributed by atoms with Gasteiger partial charge >= 0.3 is 11.9 Å². The minimum absolute atomic E-state index is 0.0111. The van der Waals surface area contributed by atoms with E-state index in [2.05, 4.69) is 31.9 Å². The lowest BCUT2D eigenvalue weighted by Gasteiger charge is -2.33. The molecule has 0 aliphatic carbocycles. The molecule has 130 valence electrons. The van der Waals surface area contributed by atoms with E-state index in [0.717, 1.165) is 0 Å². The van der Waals surface area contributed by atoms with Crippen molar-refractivity contribution in [3.05, 3.63) is 37.7 Å². The Bertz CT molecular complexity index is 735. The molecule has 0 aromatic heterocycles. The SMILES string of the molecule is COC(=O)C1=C(C(=O)OC)N(c2c(Br)cc(F)c(C)c2Br)COC1. The summed E-state index contributed by atoms with van der Waals surface area (Å²) in [6.45, 7) is 1.47. The van der Waals surface area contributed by atoms with Gasteiger partial charge in [0.05, 0.1) is 32.1 Å². The molecule has 9 heteroatoms. The van der Waals surface area contributed by atoms with Crippen LogP contribution in [0.3, 0.4) is 0 Å². The average Bonchev–Trinajstić information content (AvgIpc) is 2.58. The number of hydrogen-bond acceptors (Lipinski definition) is 6. The molecule has 24 heavy (non-hydrogen) atoms. The molecule has 0 N–H and O–H groups in total. The Labute approximate surface area is 154 Å². The van der Waals surface area contributed by atoms with Crippen LogP contribution in [-0.4, -0.2) is 39.5 Å². The zero-order valence-corrected chi connectivity index (χ0v) is 16.3. The number of benzene rings is 1. The fraction of sp³-hybridized carbons (Fsp3) is 0.333. The molecule has 0 fully saturated rings. The lowest BCUT2D eigenvalue weighted by molar-refractivity contribution is -0.140. The van der Waals surface area contributed by atoms with Gasteiger partial charge in [-0.25, -0.2) is 14.0 Å². The first-order valence-electron chi connectivity index (χ1n) is 6.72. The van der Waals surface area contributed by atoms with Crippen molar-refractivity contribution in [2.45, 2.75) is 6.92 Å². The molecule has 2 rings (SSSR count). The van der Waals surface area contributed by atoms with E-state index in [1.165, 1.54) is 25.2 Å². The van der Waals surface area contributed by atoms with E-state index in [1.807, 2.05) is 0 Å². The maximum atomic E-state index is 13.9. The average molecular weight is 467 g/mol. The van der Waals surface area contributed by atoms with Crippen molar-refractivity contribution in [3.63, 3.8) is 0 Å². The fourth-order valence-electron chi connectivity index (χ4n) is 2.24. The highest BCUT2D eigenvalue weighted by molar-refractivity contribution is 9.11. The molecule has 0 saturated carbocycles. The lowest BCUT2D eigenvalue weighted by Crippen LogP contribution is -2.39. The molecule has 0 amide bonds. The van der Waals surface area contributed by atoms with Crippen molar-refractivity contribution in [2.75, 3.05) is 32.5 Å². The molecule has 1 aliphatic heterocycles. The fourth-order valence-corrected chi connectivity index (χ4v) is 3.74. The maximum absolute atomic E-state index is 13.9. The van der Waals surface area contributed by atoms with Crippen molar-refractivity contribution in [3.8, 4) is 0 Å². The van der Waals surface area contributed by atoms with E-state index in [1.54, 1.807) is 6.92 Å². The van der Waals surface area contributed by atoms with Crippen molar-refractivity contribution < 1.29 is 28.2 Å². The third-order valence-electron chi connectivity index (χ3n) is 3.48. The summed E-state index contributed by atoms with van der Waals surface area (Å²) in [5, 5.41) is 0. The molecule has 0 saturated heterocycles. The Morgan fingerprint density at radius 2 is 1.88 bits per heavy atom. The third kappa shape index (κ3) is 3.33. The Kier molecular flexibility index (Phi) is 6.00. The summed E-state index contributed by atoms with van der Waals surface area (Å²) in [4.78, 5) is 25.7. The van der Waals surface area contributed by atoms with Crippen LogP contribution in [0.2, 0.25) is 0 Å². The van der Waals surface area contributed by atoms with Crippen LogP contribution in [0.15, 0.2) is 26.3 Å². The Morgan fingerprint density at radius 1 is 1.25 bits per heavy atom. The summed E-state index contributed by atoms with van der Waals surface area (Å²) in [6, 6.07) is 1.27. The number of ether oxygens (including phenoxy) is 3. The molecule has 1 heterocycles. The minimum atomic E-state index is -0.723. The van der Waals surface area contributed by atoms with Crippen LogP contribution in [0.25, 0.3) is 0 Å². The van der Waals surface area contributed by atoms with Crippen LogP contribution in [0.1, 0.15) is 5.56 Å². The van der Waals surface area contributed by atoms with Crippen LogP contribution in [0.4, 0.5) is 10.1 Å². The monoisotopic (exact) mass is 465 g/mol. The zero-order valence-electron chi connectivity index (χ0n) is 13.1. The van der Waals surface area contributed by atoms with Gasteiger partial charge in [-0.15, -0.1) is 0 Å². The van der Waals surface area contributed by atoms with Crippen LogP contribution in [0.5, 0.6) is 0 Å². The molecule has 0 radical (unpaired) electrons. The van der Waals surface area contributed by atoms with E-state index in [4.69, 9.17) is 14.2 Å². The van der Waals surface area contributed by atoms with Crippen LogP contribution >= 0.6 is 31.9 Å². The Morgan fingerprint density at radius 3 is 2.46 bits per heavy atom. The molecule has 0 atom stereocenters. The molecule has 1 aliphatic rings. The van der Waals surface area contributed by atoms with Crippen molar-refractivity contribution in [2.24, 2.45) is 0 Å². The number of nitrogens with zero attached hydrogens (tertiary/aromatic N) is 1. The highest BCUT2D eigenvalue weighted by atomic mass is 79.9. The van der Waals surface area contributed by atoms with Crippen LogP contribution < -0.4 is 4.90 Å². The van der Waals surface area contributed by atoms with Gasteiger partial charge in [0.2, 0.25) is 0 Å². The number of rotatable bonds is 3. The lowest BCUT2D eigenvalue weighted by atomic mass is 10.1. The quantitative estimate of drug-likeness (QED) is 0.638. The predicted octanol–water partition coefficient (Wildman–Crippen LogP) is 3.05. The van der Waals surface area contributed by atoms with Crippen molar-refractivity contribution in [1.82, 2.24) is 0 Å². The summed E-state index contributed by atoms with van der Waals surface area (Å²) in [5.41, 5.74) is 0.803. The van der Waals surface area contributed by atoms with Crippen LogP contribution in [0, 0.1) is 12.7 Å². The summed E-state index contributed by atoms with van der Waals surface area (Å²) in [7, 11) is 2.41. The minimum Gasteiger partial charge on any atom is -0.466 e. The smallest absolute Gasteiger partial charge is 0.355 e. The number of carbonyl (C=O) groups is 2. The van der Waals surface area contributed by atoms with Crippen molar-refractivity contribution in [1.29, 1.82) is 0 Å². The van der Waals surface area contributed by atoms with E-state index in [-0.39, 0.29) is 24.6 Å². The van der Waals surface area contributed by atoms with Gasteiger partial charge in [-0.3, -0.25) is 0 Å². The van der Waals surface area contributed by atoms with Gasteiger partial charge in [0, 0.05) is 14.5 Å². The number of anilines is 1. The van der Waals surface area contributed by atoms with Gasteiger partial charge in [0.1, 0.15) is 18.2 Å². The topological polar surface area (TPSA) is 65.1 Å². The van der Waals surface area contributed by atoms with Crippen LogP contribution in [-0.2, 0) is 23.8 Å². The molecule has 0 bridgehead atoms. The molecule has 1 aromatic rings. The van der Waals surface area contributed by atoms with Gasteiger partial charge in [-0.2, -0.15) is 0 Å². The Balaban J connectivity index is 2.71. The van der Waals surface area contributed by atoms with E-state index < -0.39 is 17.8 Å². The van der Waals surface area contributed by atoms with Gasteiger partial charge in [0.15, 0.2) is 0 Å². The first-order valence-corrected chi connectivity index (χ1v) is 8.31. The molecule has 0 spiro atoms. The number of carbonyl (C=O) groups excluding carboxylic acids is 2. The highest BCUT2D eigenvalue weighted by Gasteiger charge is 2.34. The summed E-state index contributed by atoms with van der Waals surface area (Å²) in [6.07, 6.45) is 0. The highest BCUT2D eigenvalue weighted by Crippen LogP contribution is 2.41. The number of halogens is 3. The number of esters is 2. The zero-order chi connectivity index (χ0) is 18.0. The second kappa shape index (κ2) is 7.62. The van der Waals surface area contributed by atoms with Gasteiger partial charge in [-0.1, -0.05) is 0 Å². The number of hydrogen-bond donors (Lipinski definition) is 0.